The number of carbonyl (C=O) groups excluding carboxylic acids is 1. The minimum absolute atomic E-state index is 0.135. The molecule has 1 N–H and O–H groups in total. The van der Waals surface area contributed by atoms with Crippen LogP contribution in [0.5, 0.6) is 0 Å². The van der Waals surface area contributed by atoms with E-state index < -0.39 is 45.1 Å². The van der Waals surface area contributed by atoms with Crippen molar-refractivity contribution in [1.29, 1.82) is 0 Å². The molecule has 0 heterocycles. The number of sulfonamides is 1. The predicted octanol–water partition coefficient (Wildman–Crippen LogP) is 3.62. The van der Waals surface area contributed by atoms with E-state index in [4.69, 9.17) is 11.6 Å². The van der Waals surface area contributed by atoms with Gasteiger partial charge in [0.05, 0.1) is 22.5 Å². The Bertz CT molecular complexity index is 980. The van der Waals surface area contributed by atoms with Gasteiger partial charge in [0.25, 0.3) is 0 Å². The SMILES string of the molecule is CS(=O)(=O)N(CC(=O)NCCc1ccc(F)cc1)c1ccc(Cl)c(C(F)(F)F)c1. The molecule has 158 valence electrons. The molecule has 2 rings (SSSR count). The summed E-state index contributed by atoms with van der Waals surface area (Å²) in [5.41, 5.74) is -0.792. The number of anilines is 1. The van der Waals surface area contributed by atoms with Crippen LogP contribution in [0.1, 0.15) is 11.1 Å². The lowest BCUT2D eigenvalue weighted by atomic mass is 10.1. The first-order valence-electron chi connectivity index (χ1n) is 8.23. The Labute approximate surface area is 170 Å². The van der Waals surface area contributed by atoms with Crippen LogP contribution in [0.15, 0.2) is 42.5 Å². The van der Waals surface area contributed by atoms with E-state index in [1.54, 1.807) is 0 Å². The van der Waals surface area contributed by atoms with Crippen LogP contribution >= 0.6 is 11.6 Å². The second-order valence-corrected chi connectivity index (χ2v) is 8.47. The number of halogens is 5. The van der Waals surface area contributed by atoms with E-state index in [-0.39, 0.29) is 12.2 Å². The normalized spacial score (nSPS) is 11.9. The average molecular weight is 453 g/mol. The number of rotatable bonds is 7. The van der Waals surface area contributed by atoms with E-state index in [9.17, 15) is 30.8 Å². The summed E-state index contributed by atoms with van der Waals surface area (Å²) in [7, 11) is -4.05. The zero-order chi connectivity index (χ0) is 21.8. The Kier molecular flexibility index (Phi) is 7.12. The number of benzene rings is 2. The quantitative estimate of drug-likeness (QED) is 0.652. The minimum Gasteiger partial charge on any atom is -0.354 e. The molecular weight excluding hydrogens is 436 g/mol. The highest BCUT2D eigenvalue weighted by atomic mass is 35.5. The van der Waals surface area contributed by atoms with Crippen molar-refractivity contribution in [3.63, 3.8) is 0 Å². The zero-order valence-electron chi connectivity index (χ0n) is 15.1. The van der Waals surface area contributed by atoms with Gasteiger partial charge in [0.15, 0.2) is 0 Å². The van der Waals surface area contributed by atoms with Crippen LogP contribution < -0.4 is 9.62 Å². The zero-order valence-corrected chi connectivity index (χ0v) is 16.7. The molecule has 0 aliphatic carbocycles. The van der Waals surface area contributed by atoms with Crippen molar-refractivity contribution < 1.29 is 30.8 Å². The van der Waals surface area contributed by atoms with Crippen molar-refractivity contribution in [2.24, 2.45) is 0 Å². The maximum Gasteiger partial charge on any atom is 0.417 e. The van der Waals surface area contributed by atoms with Gasteiger partial charge in [-0.25, -0.2) is 12.8 Å². The summed E-state index contributed by atoms with van der Waals surface area (Å²) in [5.74, 6) is -1.11. The summed E-state index contributed by atoms with van der Waals surface area (Å²) in [6, 6.07) is 8.19. The first kappa shape index (κ1) is 23.0. The smallest absolute Gasteiger partial charge is 0.354 e. The lowest BCUT2D eigenvalue weighted by Crippen LogP contribution is -2.41. The van der Waals surface area contributed by atoms with Gasteiger partial charge in [0.2, 0.25) is 15.9 Å². The summed E-state index contributed by atoms with van der Waals surface area (Å²) < 4.78 is 76.7. The van der Waals surface area contributed by atoms with Gasteiger partial charge < -0.3 is 5.32 Å². The Morgan fingerprint density at radius 1 is 1.14 bits per heavy atom. The van der Waals surface area contributed by atoms with Crippen LogP contribution in [0.2, 0.25) is 5.02 Å². The van der Waals surface area contributed by atoms with Crippen molar-refractivity contribution in [3.8, 4) is 0 Å². The largest absolute Gasteiger partial charge is 0.417 e. The second-order valence-electron chi connectivity index (χ2n) is 6.16. The Morgan fingerprint density at radius 3 is 2.31 bits per heavy atom. The summed E-state index contributed by atoms with van der Waals surface area (Å²) in [4.78, 5) is 12.1. The standard InChI is InChI=1S/C18H17ClF4N2O3S/c1-29(27,28)25(14-6-7-16(19)15(10-14)18(21,22)23)11-17(26)24-9-8-12-2-4-13(20)5-3-12/h2-7,10H,8-9,11H2,1H3,(H,24,26). The molecule has 0 saturated heterocycles. The van der Waals surface area contributed by atoms with Gasteiger partial charge in [0.1, 0.15) is 12.4 Å². The maximum atomic E-state index is 13.0. The number of alkyl halides is 3. The molecule has 0 aromatic heterocycles. The van der Waals surface area contributed by atoms with E-state index >= 15 is 0 Å². The van der Waals surface area contributed by atoms with Gasteiger partial charge in [-0.3, -0.25) is 9.10 Å². The van der Waals surface area contributed by atoms with Crippen LogP contribution in [-0.4, -0.2) is 33.7 Å². The molecule has 0 unspecified atom stereocenters. The molecule has 0 atom stereocenters. The van der Waals surface area contributed by atoms with Crippen LogP contribution in [0, 0.1) is 5.82 Å². The Hall–Kier alpha value is -2.33. The Balaban J connectivity index is 2.11. The van der Waals surface area contributed by atoms with Gasteiger partial charge in [0, 0.05) is 6.54 Å². The molecule has 0 aliphatic rings. The molecule has 29 heavy (non-hydrogen) atoms. The van der Waals surface area contributed by atoms with Gasteiger partial charge in [-0.1, -0.05) is 23.7 Å². The van der Waals surface area contributed by atoms with E-state index in [0.29, 0.717) is 16.8 Å². The molecule has 0 radical (unpaired) electrons. The summed E-state index contributed by atoms with van der Waals surface area (Å²) in [5, 5.41) is 1.90. The molecule has 5 nitrogen and oxygen atoms in total. The lowest BCUT2D eigenvalue weighted by Gasteiger charge is -2.23. The third-order valence-electron chi connectivity index (χ3n) is 3.88. The lowest BCUT2D eigenvalue weighted by molar-refractivity contribution is -0.137. The molecule has 11 heteroatoms. The fourth-order valence-corrected chi connectivity index (χ4v) is 3.54. The van der Waals surface area contributed by atoms with E-state index in [1.165, 1.54) is 24.3 Å². The number of carbonyl (C=O) groups is 1. The fourth-order valence-electron chi connectivity index (χ4n) is 2.47. The first-order valence-corrected chi connectivity index (χ1v) is 10.5. The van der Waals surface area contributed by atoms with Crippen molar-refractivity contribution in [1.82, 2.24) is 5.32 Å². The summed E-state index contributed by atoms with van der Waals surface area (Å²) in [6.07, 6.45) is -3.64. The number of hydrogen-bond donors (Lipinski definition) is 1. The molecule has 0 saturated carbocycles. The highest BCUT2D eigenvalue weighted by Crippen LogP contribution is 2.37. The fraction of sp³-hybridized carbons (Fsp3) is 0.278. The highest BCUT2D eigenvalue weighted by Gasteiger charge is 2.34. The van der Waals surface area contributed by atoms with Crippen molar-refractivity contribution in [3.05, 3.63) is 64.4 Å². The summed E-state index contributed by atoms with van der Waals surface area (Å²) >= 11 is 5.55. The number of hydrogen-bond acceptors (Lipinski definition) is 3. The van der Waals surface area contributed by atoms with Crippen molar-refractivity contribution in [2.45, 2.75) is 12.6 Å². The van der Waals surface area contributed by atoms with E-state index in [1.807, 2.05) is 0 Å². The van der Waals surface area contributed by atoms with Crippen molar-refractivity contribution >= 4 is 33.2 Å². The number of nitrogens with one attached hydrogen (secondary N) is 1. The molecule has 2 aromatic rings. The number of nitrogens with zero attached hydrogens (tertiary/aromatic N) is 1. The van der Waals surface area contributed by atoms with Gasteiger partial charge in [-0.15, -0.1) is 0 Å². The topological polar surface area (TPSA) is 66.5 Å². The van der Waals surface area contributed by atoms with E-state index in [2.05, 4.69) is 5.32 Å². The first-order chi connectivity index (χ1) is 13.4. The van der Waals surface area contributed by atoms with Crippen LogP contribution in [0.25, 0.3) is 0 Å². The van der Waals surface area contributed by atoms with Gasteiger partial charge in [-0.05, 0) is 42.3 Å². The average Bonchev–Trinajstić information content (AvgIpc) is 2.60. The van der Waals surface area contributed by atoms with Crippen LogP contribution in [0.3, 0.4) is 0 Å². The molecule has 0 spiro atoms. The highest BCUT2D eigenvalue weighted by molar-refractivity contribution is 7.92. The minimum atomic E-state index is -4.78. The second kappa shape index (κ2) is 9.00. The maximum absolute atomic E-state index is 13.0. The molecule has 0 fully saturated rings. The molecule has 2 aromatic carbocycles. The van der Waals surface area contributed by atoms with Crippen LogP contribution in [-0.2, 0) is 27.4 Å². The molecular formula is C18H17ClF4N2O3S. The van der Waals surface area contributed by atoms with Gasteiger partial charge >= 0.3 is 6.18 Å². The predicted molar refractivity (Wildman–Crippen MR) is 102 cm³/mol. The monoisotopic (exact) mass is 452 g/mol. The van der Waals surface area contributed by atoms with Gasteiger partial charge in [-0.2, -0.15) is 13.2 Å². The molecule has 1 amide bonds. The third kappa shape index (κ3) is 6.60. The van der Waals surface area contributed by atoms with Crippen LogP contribution in [0.4, 0.5) is 23.2 Å². The number of amides is 1. The van der Waals surface area contributed by atoms with Crippen molar-refractivity contribution in [2.75, 3.05) is 23.7 Å². The molecule has 0 bridgehead atoms. The van der Waals surface area contributed by atoms with E-state index in [0.717, 1.165) is 24.0 Å². The summed E-state index contributed by atoms with van der Waals surface area (Å²) in [6.45, 7) is -0.572. The Morgan fingerprint density at radius 2 is 1.76 bits per heavy atom. The third-order valence-corrected chi connectivity index (χ3v) is 5.35. The molecule has 0 aliphatic heterocycles.